The van der Waals surface area contributed by atoms with Crippen molar-refractivity contribution in [3.05, 3.63) is 89.1 Å². The van der Waals surface area contributed by atoms with Crippen LogP contribution in [0.3, 0.4) is 0 Å². The maximum Gasteiger partial charge on any atom is 0.169 e. The average Bonchev–Trinajstić information content (AvgIpc) is 3.52. The minimum Gasteiger partial charge on any atom is -0.348 e. The number of halogens is 1. The van der Waals surface area contributed by atoms with Crippen LogP contribution in [0.15, 0.2) is 70.9 Å². The van der Waals surface area contributed by atoms with Crippen molar-refractivity contribution in [2.45, 2.75) is 19.4 Å². The standard InChI is InChI=1S/C25H24FN7/c1-27-9-7-23(28-16-29-24-15-30-32(2)31-24)19-11-18-8-10-33-21(14-20(12-19)25(18)33)13-17-5-3-4-6-22(17)26/h3-7,9,11-12,14-15H,1,8,10,13,16H2,2H3,(H,29,31)/b9-7-,28-23+. The number of aromatic nitrogens is 4. The third kappa shape index (κ3) is 4.19. The van der Waals surface area contributed by atoms with E-state index in [2.05, 4.69) is 50.0 Å². The van der Waals surface area contributed by atoms with Crippen molar-refractivity contribution < 1.29 is 4.39 Å². The quantitative estimate of drug-likeness (QED) is 0.418. The number of anilines is 1. The molecule has 0 amide bonds. The number of allylic oxidation sites excluding steroid dienone is 1. The normalized spacial score (nSPS) is 13.3. The van der Waals surface area contributed by atoms with Gasteiger partial charge in [0.05, 0.1) is 17.4 Å². The Morgan fingerprint density at radius 2 is 2.15 bits per heavy atom. The Labute approximate surface area is 191 Å². The van der Waals surface area contributed by atoms with Gasteiger partial charge in [-0.25, -0.2) is 4.39 Å². The Morgan fingerprint density at radius 3 is 2.94 bits per heavy atom. The molecular formula is C25H24FN7. The molecule has 1 N–H and O–H groups in total. The fraction of sp³-hybridized carbons (Fsp3) is 0.200. The van der Waals surface area contributed by atoms with Crippen LogP contribution in [0.4, 0.5) is 10.2 Å². The third-order valence-corrected chi connectivity index (χ3v) is 5.83. The molecule has 3 heterocycles. The Balaban J connectivity index is 1.48. The fourth-order valence-corrected chi connectivity index (χ4v) is 4.36. The second-order valence-corrected chi connectivity index (χ2v) is 7.97. The number of aliphatic imine (C=N–C) groups is 2. The van der Waals surface area contributed by atoms with Crippen LogP contribution in [0.1, 0.15) is 22.4 Å². The largest absolute Gasteiger partial charge is 0.348 e. The predicted molar refractivity (Wildman–Crippen MR) is 130 cm³/mol. The van der Waals surface area contributed by atoms with Crippen molar-refractivity contribution in [2.24, 2.45) is 17.0 Å². The molecule has 4 aromatic rings. The van der Waals surface area contributed by atoms with Crippen LogP contribution in [0.2, 0.25) is 0 Å². The van der Waals surface area contributed by atoms with Crippen molar-refractivity contribution in [1.82, 2.24) is 19.6 Å². The zero-order chi connectivity index (χ0) is 22.8. The van der Waals surface area contributed by atoms with Gasteiger partial charge in [0.15, 0.2) is 5.82 Å². The maximum absolute atomic E-state index is 14.2. The van der Waals surface area contributed by atoms with Gasteiger partial charge in [-0.2, -0.15) is 9.90 Å². The summed E-state index contributed by atoms with van der Waals surface area (Å²) in [4.78, 5) is 10.1. The van der Waals surface area contributed by atoms with Gasteiger partial charge in [-0.1, -0.05) is 18.2 Å². The minimum absolute atomic E-state index is 0.165. The highest BCUT2D eigenvalue weighted by atomic mass is 19.1. The first-order chi connectivity index (χ1) is 16.1. The van der Waals surface area contributed by atoms with Gasteiger partial charge in [-0.15, -0.1) is 5.10 Å². The maximum atomic E-state index is 14.2. The summed E-state index contributed by atoms with van der Waals surface area (Å²) < 4.78 is 16.6. The number of nitrogens with one attached hydrogen (secondary N) is 1. The van der Waals surface area contributed by atoms with Crippen LogP contribution in [-0.2, 0) is 26.4 Å². The zero-order valence-electron chi connectivity index (χ0n) is 18.4. The molecule has 2 aromatic carbocycles. The Hall–Kier alpha value is -4.07. The second kappa shape index (κ2) is 8.82. The fourth-order valence-electron chi connectivity index (χ4n) is 4.36. The molecule has 5 rings (SSSR count). The summed E-state index contributed by atoms with van der Waals surface area (Å²) >= 11 is 0. The molecule has 8 heteroatoms. The average molecular weight is 442 g/mol. The first kappa shape index (κ1) is 20.8. The van der Waals surface area contributed by atoms with Gasteiger partial charge < -0.3 is 9.88 Å². The lowest BCUT2D eigenvalue weighted by molar-refractivity contribution is 0.610. The molecule has 0 saturated carbocycles. The Bertz CT molecular complexity index is 1390. The van der Waals surface area contributed by atoms with E-state index in [0.29, 0.717) is 24.5 Å². The third-order valence-electron chi connectivity index (χ3n) is 5.83. The molecule has 1 aliphatic rings. The summed E-state index contributed by atoms with van der Waals surface area (Å²) in [6, 6.07) is 13.5. The molecule has 0 atom stereocenters. The van der Waals surface area contributed by atoms with E-state index in [1.165, 1.54) is 21.9 Å². The Morgan fingerprint density at radius 1 is 1.27 bits per heavy atom. The summed E-state index contributed by atoms with van der Waals surface area (Å²) in [6.07, 6.45) is 6.66. The van der Waals surface area contributed by atoms with Crippen molar-refractivity contribution in [1.29, 1.82) is 0 Å². The molecule has 0 saturated heterocycles. The summed E-state index contributed by atoms with van der Waals surface area (Å²) in [7, 11) is 1.77. The topological polar surface area (TPSA) is 72.4 Å². The summed E-state index contributed by atoms with van der Waals surface area (Å²) in [5.41, 5.74) is 6.14. The van der Waals surface area contributed by atoms with E-state index in [4.69, 9.17) is 4.99 Å². The van der Waals surface area contributed by atoms with Gasteiger partial charge >= 0.3 is 0 Å². The summed E-state index contributed by atoms with van der Waals surface area (Å²) in [5.74, 6) is 0.497. The molecular weight excluding hydrogens is 417 g/mol. The number of hydrogen-bond donors (Lipinski definition) is 1. The molecule has 0 unspecified atom stereocenters. The van der Waals surface area contributed by atoms with Crippen LogP contribution in [0, 0.1) is 5.82 Å². The van der Waals surface area contributed by atoms with E-state index in [9.17, 15) is 4.39 Å². The van der Waals surface area contributed by atoms with E-state index in [-0.39, 0.29) is 5.82 Å². The predicted octanol–water partition coefficient (Wildman–Crippen LogP) is 4.13. The van der Waals surface area contributed by atoms with Crippen molar-refractivity contribution in [3.63, 3.8) is 0 Å². The Kier molecular flexibility index (Phi) is 5.56. The lowest BCUT2D eigenvalue weighted by Gasteiger charge is -2.06. The number of benzene rings is 2. The van der Waals surface area contributed by atoms with Crippen molar-refractivity contribution >= 4 is 29.1 Å². The lowest BCUT2D eigenvalue weighted by atomic mass is 10.0. The SMILES string of the molecule is C=N/C=C\C(=N/CNc1cnn(C)n1)c1cc2c3c(c1)cc(Cc1ccccc1F)n3CC2. The molecule has 2 aromatic heterocycles. The number of rotatable bonds is 8. The van der Waals surface area contributed by atoms with Gasteiger partial charge in [0.25, 0.3) is 0 Å². The van der Waals surface area contributed by atoms with E-state index >= 15 is 0 Å². The van der Waals surface area contributed by atoms with Crippen LogP contribution >= 0.6 is 0 Å². The first-order valence-electron chi connectivity index (χ1n) is 10.8. The molecule has 1 aliphatic heterocycles. The number of nitrogens with zero attached hydrogens (tertiary/aromatic N) is 6. The van der Waals surface area contributed by atoms with E-state index < -0.39 is 0 Å². The number of hydrogen-bond acceptors (Lipinski definition) is 5. The van der Waals surface area contributed by atoms with Crippen LogP contribution in [0.25, 0.3) is 10.9 Å². The molecule has 0 spiro atoms. The van der Waals surface area contributed by atoms with Gasteiger partial charge in [0, 0.05) is 42.9 Å². The van der Waals surface area contributed by atoms with Crippen LogP contribution in [-0.4, -0.2) is 38.7 Å². The molecule has 33 heavy (non-hydrogen) atoms. The van der Waals surface area contributed by atoms with Crippen molar-refractivity contribution in [2.75, 3.05) is 12.0 Å². The van der Waals surface area contributed by atoms with Gasteiger partial charge in [0.2, 0.25) is 0 Å². The van der Waals surface area contributed by atoms with Gasteiger partial charge in [0.1, 0.15) is 12.5 Å². The summed E-state index contributed by atoms with van der Waals surface area (Å²) in [5, 5.41) is 12.6. The van der Waals surface area contributed by atoms with Crippen LogP contribution < -0.4 is 5.32 Å². The highest BCUT2D eigenvalue weighted by molar-refractivity contribution is 6.11. The number of aryl methyl sites for hydroxylation is 3. The zero-order valence-corrected chi connectivity index (χ0v) is 18.4. The van der Waals surface area contributed by atoms with Crippen LogP contribution in [0.5, 0.6) is 0 Å². The molecule has 0 radical (unpaired) electrons. The van der Waals surface area contributed by atoms with E-state index in [1.807, 2.05) is 18.2 Å². The summed E-state index contributed by atoms with van der Waals surface area (Å²) in [6.45, 7) is 4.79. The highest BCUT2D eigenvalue weighted by Crippen LogP contribution is 2.32. The van der Waals surface area contributed by atoms with Gasteiger partial charge in [-0.05, 0) is 54.6 Å². The monoisotopic (exact) mass is 441 g/mol. The highest BCUT2D eigenvalue weighted by Gasteiger charge is 2.20. The molecule has 0 fully saturated rings. The van der Waals surface area contributed by atoms with E-state index in [1.54, 1.807) is 25.5 Å². The minimum atomic E-state index is -0.165. The molecule has 166 valence electrons. The van der Waals surface area contributed by atoms with Crippen molar-refractivity contribution in [3.8, 4) is 0 Å². The van der Waals surface area contributed by atoms with E-state index in [0.717, 1.165) is 35.3 Å². The first-order valence-corrected chi connectivity index (χ1v) is 10.8. The lowest BCUT2D eigenvalue weighted by Crippen LogP contribution is -2.05. The molecule has 0 bridgehead atoms. The molecule has 0 aliphatic carbocycles. The van der Waals surface area contributed by atoms with Gasteiger partial charge in [-0.3, -0.25) is 9.98 Å². The molecule has 7 nitrogen and oxygen atoms in total. The second-order valence-electron chi connectivity index (χ2n) is 7.97. The smallest absolute Gasteiger partial charge is 0.169 e.